The number of aromatic hydroxyl groups is 1. The largest absolute Gasteiger partial charge is 0.507 e. The quantitative estimate of drug-likeness (QED) is 0.200. The summed E-state index contributed by atoms with van der Waals surface area (Å²) >= 11 is 0. The molecule has 7 atom stereocenters. The first-order chi connectivity index (χ1) is 18.4. The highest BCUT2D eigenvalue weighted by atomic mass is 16.5. The monoisotopic (exact) mass is 543 g/mol. The second kappa shape index (κ2) is 10.3. The number of amides is 1. The molecular weight excluding hydrogens is 514 g/mol. The first-order valence-corrected chi connectivity index (χ1v) is 12.8. The van der Waals surface area contributed by atoms with E-state index in [2.05, 4.69) is 0 Å². The molecule has 1 amide bonds. The fourth-order valence-electron chi connectivity index (χ4n) is 6.54. The van der Waals surface area contributed by atoms with Crippen LogP contribution in [0.25, 0.3) is 0 Å². The number of phenolic OH excluding ortho intramolecular Hbond substituents is 1. The van der Waals surface area contributed by atoms with E-state index in [9.17, 15) is 43.8 Å². The van der Waals surface area contributed by atoms with E-state index in [1.807, 2.05) is 6.92 Å². The average Bonchev–Trinajstić information content (AvgIpc) is 2.84. The van der Waals surface area contributed by atoms with Crippen molar-refractivity contribution in [2.75, 3.05) is 0 Å². The predicted molar refractivity (Wildman–Crippen MR) is 129 cm³/mol. The van der Waals surface area contributed by atoms with Gasteiger partial charge in [-0.3, -0.25) is 33.6 Å². The molecule has 12 heteroatoms. The van der Waals surface area contributed by atoms with Crippen molar-refractivity contribution in [1.82, 2.24) is 0 Å². The van der Waals surface area contributed by atoms with E-state index in [4.69, 9.17) is 15.6 Å². The number of carboxylic acid groups (broad SMARTS) is 1. The lowest BCUT2D eigenvalue weighted by Gasteiger charge is -2.54. The molecule has 2 fully saturated rings. The number of nitrogens with two attached hydrogens (primary N) is 1. The molecule has 0 bridgehead atoms. The number of Topliss-reactive ketones (excluding diaryl/α,β-unsaturated/α-hetero) is 4. The Morgan fingerprint density at radius 1 is 1.10 bits per heavy atom. The zero-order valence-electron chi connectivity index (χ0n) is 21.1. The minimum Gasteiger partial charge on any atom is -0.507 e. The third kappa shape index (κ3) is 4.42. The van der Waals surface area contributed by atoms with Crippen LogP contribution in [0.1, 0.15) is 67.3 Å². The Bertz CT molecular complexity index is 1290. The van der Waals surface area contributed by atoms with Gasteiger partial charge in [-0.25, -0.2) is 0 Å². The van der Waals surface area contributed by atoms with E-state index in [1.165, 1.54) is 12.1 Å². The van der Waals surface area contributed by atoms with Crippen LogP contribution in [0.2, 0.25) is 0 Å². The Hall–Kier alpha value is -3.93. The van der Waals surface area contributed by atoms with Crippen molar-refractivity contribution in [3.63, 3.8) is 0 Å². The van der Waals surface area contributed by atoms with E-state index in [-0.39, 0.29) is 5.56 Å². The number of ether oxygens (including phenoxy) is 1. The first-order valence-electron chi connectivity index (χ1n) is 12.8. The number of aliphatic hydroxyl groups is 1. The van der Waals surface area contributed by atoms with Gasteiger partial charge in [0.2, 0.25) is 5.91 Å². The number of hydrogen-bond donors (Lipinski definition) is 4. The number of carboxylic acids is 1. The summed E-state index contributed by atoms with van der Waals surface area (Å²) in [6.07, 6.45) is -0.911. The minimum atomic E-state index is -3.09. The number of primary amides is 1. The summed E-state index contributed by atoms with van der Waals surface area (Å²) in [5.41, 5.74) is 2.34. The van der Waals surface area contributed by atoms with E-state index < -0.39 is 101 Å². The molecule has 1 aromatic carbocycles. The van der Waals surface area contributed by atoms with Crippen LogP contribution in [0.15, 0.2) is 18.2 Å². The van der Waals surface area contributed by atoms with Crippen molar-refractivity contribution in [3.8, 4) is 5.75 Å². The van der Waals surface area contributed by atoms with Gasteiger partial charge in [-0.2, -0.15) is 0 Å². The predicted octanol–water partition coefficient (Wildman–Crippen LogP) is 0.445. The van der Waals surface area contributed by atoms with Gasteiger partial charge in [0.1, 0.15) is 18.3 Å². The summed E-state index contributed by atoms with van der Waals surface area (Å²) in [4.78, 5) is 89.7. The van der Waals surface area contributed by atoms with Gasteiger partial charge in [0.05, 0.1) is 11.5 Å². The number of carbonyl (C=O) groups excluding carboxylic acids is 6. The summed E-state index contributed by atoms with van der Waals surface area (Å²) in [5, 5.41) is 31.3. The highest BCUT2D eigenvalue weighted by Gasteiger charge is 2.71. The van der Waals surface area contributed by atoms with Gasteiger partial charge < -0.3 is 25.8 Å². The lowest BCUT2D eigenvalue weighted by Crippen LogP contribution is -2.73. The van der Waals surface area contributed by atoms with Crippen molar-refractivity contribution in [3.05, 3.63) is 29.3 Å². The van der Waals surface area contributed by atoms with Crippen LogP contribution in [0.5, 0.6) is 5.75 Å². The topological polar surface area (TPSA) is 215 Å². The molecule has 0 radical (unpaired) electrons. The highest BCUT2D eigenvalue weighted by Crippen LogP contribution is 2.56. The van der Waals surface area contributed by atoms with E-state index in [0.29, 0.717) is 18.4 Å². The third-order valence-corrected chi connectivity index (χ3v) is 8.17. The Morgan fingerprint density at radius 2 is 1.79 bits per heavy atom. The second-order valence-corrected chi connectivity index (χ2v) is 10.4. The van der Waals surface area contributed by atoms with Crippen molar-refractivity contribution in [2.24, 2.45) is 29.4 Å². The molecule has 3 aliphatic carbocycles. The van der Waals surface area contributed by atoms with E-state index in [1.54, 1.807) is 6.07 Å². The van der Waals surface area contributed by atoms with Crippen molar-refractivity contribution in [2.45, 2.75) is 63.1 Å². The number of ketones is 4. The normalized spacial score (nSPS) is 31.6. The van der Waals surface area contributed by atoms with Gasteiger partial charge >= 0.3 is 11.9 Å². The maximum absolute atomic E-state index is 13.9. The molecule has 2 saturated carbocycles. The van der Waals surface area contributed by atoms with E-state index >= 15 is 0 Å². The number of aliphatic carboxylic acids is 1. The molecule has 0 spiro atoms. The van der Waals surface area contributed by atoms with Crippen molar-refractivity contribution >= 4 is 41.0 Å². The molecule has 12 nitrogen and oxygen atoms in total. The lowest BCUT2D eigenvalue weighted by atomic mass is 9.50. The van der Waals surface area contributed by atoms with Crippen LogP contribution < -0.4 is 5.73 Å². The number of unbranched alkanes of at least 4 members (excludes halogenated alkanes) is 2. The summed E-state index contributed by atoms with van der Waals surface area (Å²) in [7, 11) is 0. The Balaban J connectivity index is 1.94. The first kappa shape index (κ1) is 28.1. The Kier molecular flexibility index (Phi) is 7.44. The standard InChI is InChI=1S/C27H29NO11/c1-2-3-4-6-12-11-7-5-8-14(29)18(11)22(34)21-19(12)23(39-17(33)10-16(31)32)13-9-15(30)20(26(28)37)24(35)27(13,38)25(21)36/h5,7-8,12-13,19-21,23,29,38H,2-4,6,9-10H2,1H3,(H2,28,37)(H,31,32)/t12-,13+,19+,20?,21?,23+,27+/m0/s1. The zero-order valence-corrected chi connectivity index (χ0v) is 21.1. The highest BCUT2D eigenvalue weighted by molar-refractivity contribution is 6.31. The molecule has 0 aliphatic heterocycles. The van der Waals surface area contributed by atoms with Crippen molar-refractivity contribution in [1.29, 1.82) is 0 Å². The Labute approximate surface area is 222 Å². The van der Waals surface area contributed by atoms with Crippen LogP contribution in [-0.4, -0.2) is 68.0 Å². The molecule has 0 saturated heterocycles. The molecular formula is C27H29NO11. The summed E-state index contributed by atoms with van der Waals surface area (Å²) in [6, 6.07) is 4.34. The second-order valence-electron chi connectivity index (χ2n) is 10.4. The number of carbonyl (C=O) groups is 7. The van der Waals surface area contributed by atoms with Crippen LogP contribution in [0.4, 0.5) is 0 Å². The van der Waals surface area contributed by atoms with Gasteiger partial charge in [-0.1, -0.05) is 38.3 Å². The molecule has 39 heavy (non-hydrogen) atoms. The number of rotatable bonds is 8. The zero-order chi connectivity index (χ0) is 28.8. The fourth-order valence-corrected chi connectivity index (χ4v) is 6.54. The lowest BCUT2D eigenvalue weighted by molar-refractivity contribution is -0.199. The molecule has 208 valence electrons. The number of benzene rings is 1. The van der Waals surface area contributed by atoms with Crippen LogP contribution in [0.3, 0.4) is 0 Å². The Morgan fingerprint density at radius 3 is 2.41 bits per heavy atom. The maximum atomic E-state index is 13.9. The SMILES string of the molecule is CCCCC[C@H]1c2cccc(O)c2C(=O)C2C(=O)[C@]3(O)C(=O)C(C(N)=O)C(=O)C[C@@H]3[C@@H](OC(=O)CC(=O)O)[C@@H]21. The summed E-state index contributed by atoms with van der Waals surface area (Å²) < 4.78 is 5.51. The molecule has 5 N–H and O–H groups in total. The molecule has 0 heterocycles. The molecule has 0 aromatic heterocycles. The number of hydrogen-bond acceptors (Lipinski definition) is 10. The van der Waals surface area contributed by atoms with Gasteiger partial charge in [-0.15, -0.1) is 0 Å². The average molecular weight is 544 g/mol. The summed E-state index contributed by atoms with van der Waals surface area (Å²) in [5.74, 6) is -16.8. The van der Waals surface area contributed by atoms with Gasteiger partial charge in [0.15, 0.2) is 34.7 Å². The van der Waals surface area contributed by atoms with Gasteiger partial charge in [-0.05, 0) is 24.0 Å². The van der Waals surface area contributed by atoms with Gasteiger partial charge in [0.25, 0.3) is 0 Å². The molecule has 2 unspecified atom stereocenters. The van der Waals surface area contributed by atoms with Crippen LogP contribution >= 0.6 is 0 Å². The molecule has 4 rings (SSSR count). The minimum absolute atomic E-state index is 0.169. The van der Waals surface area contributed by atoms with Gasteiger partial charge in [0, 0.05) is 18.3 Å². The van der Waals surface area contributed by atoms with Crippen LogP contribution in [0, 0.1) is 23.7 Å². The van der Waals surface area contributed by atoms with Crippen LogP contribution in [-0.2, 0) is 33.5 Å². The van der Waals surface area contributed by atoms with Crippen molar-refractivity contribution < 1.29 is 53.6 Å². The van der Waals surface area contributed by atoms with E-state index in [0.717, 1.165) is 12.8 Å². The summed E-state index contributed by atoms with van der Waals surface area (Å²) in [6.45, 7) is 1.96. The molecule has 3 aliphatic rings. The number of phenols is 1. The number of esters is 1. The third-order valence-electron chi connectivity index (χ3n) is 8.17. The fraction of sp³-hybridized carbons (Fsp3) is 0.519. The number of fused-ring (bicyclic) bond motifs is 3. The maximum Gasteiger partial charge on any atom is 0.317 e. The smallest absolute Gasteiger partial charge is 0.317 e. The molecule has 1 aromatic rings.